The number of carbonyl (C=O) groups excluding carboxylic acids is 1. The zero-order valence-electron chi connectivity index (χ0n) is 12.1. The van der Waals surface area contributed by atoms with Crippen LogP contribution in [0.25, 0.3) is 0 Å². The summed E-state index contributed by atoms with van der Waals surface area (Å²) in [4.78, 5) is 13.9. The summed E-state index contributed by atoms with van der Waals surface area (Å²) in [6.45, 7) is 9.58. The molecule has 2 rings (SSSR count). The lowest BCUT2D eigenvalue weighted by Gasteiger charge is -2.25. The third-order valence-electron chi connectivity index (χ3n) is 2.81. The van der Waals surface area contributed by atoms with E-state index in [9.17, 15) is 4.79 Å². The summed E-state index contributed by atoms with van der Waals surface area (Å²) >= 11 is 0. The van der Waals surface area contributed by atoms with Gasteiger partial charge in [-0.15, -0.1) is 0 Å². The smallest absolute Gasteiger partial charge is 0.238 e. The molecule has 4 nitrogen and oxygen atoms in total. The van der Waals surface area contributed by atoms with Crippen molar-refractivity contribution in [1.82, 2.24) is 4.90 Å². The highest BCUT2D eigenvalue weighted by Gasteiger charge is 2.13. The third-order valence-corrected chi connectivity index (χ3v) is 2.81. The second-order valence-corrected chi connectivity index (χ2v) is 4.30. The minimum absolute atomic E-state index is 0.0377. The molecule has 0 spiro atoms. The SMILES string of the molecule is CC.Cc1ccc(NC(=O)CN2CCOCC2)cc1. The fourth-order valence-corrected chi connectivity index (χ4v) is 1.80. The first-order valence-electron chi connectivity index (χ1n) is 6.91. The van der Waals surface area contributed by atoms with Crippen LogP contribution in [-0.4, -0.2) is 43.7 Å². The molecule has 0 atom stereocenters. The number of hydrogen-bond acceptors (Lipinski definition) is 3. The minimum Gasteiger partial charge on any atom is -0.379 e. The van der Waals surface area contributed by atoms with E-state index in [1.807, 2.05) is 45.0 Å². The van der Waals surface area contributed by atoms with Crippen molar-refractivity contribution < 1.29 is 9.53 Å². The first kappa shape index (κ1) is 15.7. The van der Waals surface area contributed by atoms with Crippen LogP contribution < -0.4 is 5.32 Å². The Morgan fingerprint density at radius 1 is 1.21 bits per heavy atom. The molecule has 1 heterocycles. The van der Waals surface area contributed by atoms with Gasteiger partial charge in [0.2, 0.25) is 5.91 Å². The van der Waals surface area contributed by atoms with Gasteiger partial charge in [-0.3, -0.25) is 9.69 Å². The molecular weight excluding hydrogens is 240 g/mol. The Hall–Kier alpha value is -1.39. The van der Waals surface area contributed by atoms with Crippen molar-refractivity contribution in [3.8, 4) is 0 Å². The van der Waals surface area contributed by atoms with Gasteiger partial charge in [-0.1, -0.05) is 31.5 Å². The molecular formula is C15H24N2O2. The van der Waals surface area contributed by atoms with Crippen LogP contribution in [0.2, 0.25) is 0 Å². The van der Waals surface area contributed by atoms with E-state index in [0.717, 1.165) is 32.0 Å². The van der Waals surface area contributed by atoms with Gasteiger partial charge >= 0.3 is 0 Å². The Balaban J connectivity index is 0.000000861. The van der Waals surface area contributed by atoms with E-state index in [4.69, 9.17) is 4.74 Å². The number of morpholine rings is 1. The number of amides is 1. The van der Waals surface area contributed by atoms with Crippen molar-refractivity contribution in [2.24, 2.45) is 0 Å². The van der Waals surface area contributed by atoms with Crippen LogP contribution in [0.1, 0.15) is 19.4 Å². The summed E-state index contributed by atoms with van der Waals surface area (Å²) in [5.74, 6) is 0.0377. The molecule has 1 amide bonds. The predicted molar refractivity (Wildman–Crippen MR) is 78.4 cm³/mol. The lowest BCUT2D eigenvalue weighted by Crippen LogP contribution is -2.41. The molecule has 1 saturated heterocycles. The molecule has 0 aromatic heterocycles. The van der Waals surface area contributed by atoms with Gasteiger partial charge < -0.3 is 10.1 Å². The highest BCUT2D eigenvalue weighted by molar-refractivity contribution is 5.92. The van der Waals surface area contributed by atoms with Gasteiger partial charge in [0.1, 0.15) is 0 Å². The second-order valence-electron chi connectivity index (χ2n) is 4.30. The zero-order chi connectivity index (χ0) is 14.1. The van der Waals surface area contributed by atoms with E-state index < -0.39 is 0 Å². The first-order valence-corrected chi connectivity index (χ1v) is 6.91. The van der Waals surface area contributed by atoms with Gasteiger partial charge in [0.15, 0.2) is 0 Å². The molecule has 19 heavy (non-hydrogen) atoms. The van der Waals surface area contributed by atoms with E-state index in [2.05, 4.69) is 10.2 Å². The number of rotatable bonds is 3. The van der Waals surface area contributed by atoms with Gasteiger partial charge in [-0.25, -0.2) is 0 Å². The average molecular weight is 264 g/mol. The van der Waals surface area contributed by atoms with Gasteiger partial charge in [0.25, 0.3) is 0 Å². The number of anilines is 1. The average Bonchev–Trinajstić information content (AvgIpc) is 2.45. The lowest BCUT2D eigenvalue weighted by molar-refractivity contribution is -0.118. The van der Waals surface area contributed by atoms with Gasteiger partial charge in [-0.2, -0.15) is 0 Å². The summed E-state index contributed by atoms with van der Waals surface area (Å²) in [7, 11) is 0. The Bertz CT molecular complexity index is 370. The zero-order valence-corrected chi connectivity index (χ0v) is 12.1. The van der Waals surface area contributed by atoms with Crippen molar-refractivity contribution in [2.75, 3.05) is 38.2 Å². The molecule has 1 aromatic rings. The topological polar surface area (TPSA) is 41.6 Å². The highest BCUT2D eigenvalue weighted by Crippen LogP contribution is 2.08. The summed E-state index contributed by atoms with van der Waals surface area (Å²) in [5, 5.41) is 2.90. The monoisotopic (exact) mass is 264 g/mol. The van der Waals surface area contributed by atoms with Crippen LogP contribution in [0.15, 0.2) is 24.3 Å². The maximum Gasteiger partial charge on any atom is 0.238 e. The standard InChI is InChI=1S/C13H18N2O2.C2H6/c1-11-2-4-12(5-3-11)14-13(16)10-15-6-8-17-9-7-15;1-2/h2-5H,6-10H2,1H3,(H,14,16);1-2H3. The number of carbonyl (C=O) groups is 1. The number of ether oxygens (including phenoxy) is 1. The maximum atomic E-state index is 11.8. The maximum absolute atomic E-state index is 11.8. The molecule has 0 unspecified atom stereocenters. The molecule has 0 saturated carbocycles. The Morgan fingerprint density at radius 2 is 1.79 bits per heavy atom. The van der Waals surface area contributed by atoms with Crippen molar-refractivity contribution >= 4 is 11.6 Å². The van der Waals surface area contributed by atoms with Crippen molar-refractivity contribution in [3.63, 3.8) is 0 Å². The van der Waals surface area contributed by atoms with Crippen LogP contribution in [-0.2, 0) is 9.53 Å². The second kappa shape index (κ2) is 8.67. The number of nitrogens with one attached hydrogen (secondary N) is 1. The van der Waals surface area contributed by atoms with E-state index >= 15 is 0 Å². The number of benzene rings is 1. The molecule has 1 fully saturated rings. The molecule has 1 N–H and O–H groups in total. The van der Waals surface area contributed by atoms with Crippen LogP contribution in [0, 0.1) is 6.92 Å². The molecule has 1 aromatic carbocycles. The highest BCUT2D eigenvalue weighted by atomic mass is 16.5. The molecule has 0 bridgehead atoms. The third kappa shape index (κ3) is 5.85. The van der Waals surface area contributed by atoms with Crippen LogP contribution in [0.4, 0.5) is 5.69 Å². The van der Waals surface area contributed by atoms with E-state index in [1.165, 1.54) is 5.56 Å². The fourth-order valence-electron chi connectivity index (χ4n) is 1.80. The Labute approximate surface area is 115 Å². The fraction of sp³-hybridized carbons (Fsp3) is 0.533. The van der Waals surface area contributed by atoms with Crippen molar-refractivity contribution in [3.05, 3.63) is 29.8 Å². The first-order chi connectivity index (χ1) is 9.24. The van der Waals surface area contributed by atoms with Gasteiger partial charge in [-0.05, 0) is 19.1 Å². The molecule has 4 heteroatoms. The summed E-state index contributed by atoms with van der Waals surface area (Å²) in [6.07, 6.45) is 0. The van der Waals surface area contributed by atoms with Crippen LogP contribution in [0.5, 0.6) is 0 Å². The van der Waals surface area contributed by atoms with Crippen LogP contribution in [0.3, 0.4) is 0 Å². The molecule has 1 aliphatic rings. The lowest BCUT2D eigenvalue weighted by atomic mass is 10.2. The van der Waals surface area contributed by atoms with Gasteiger partial charge in [0.05, 0.1) is 19.8 Å². The van der Waals surface area contributed by atoms with Crippen molar-refractivity contribution in [2.45, 2.75) is 20.8 Å². The molecule has 1 aliphatic heterocycles. The van der Waals surface area contributed by atoms with E-state index in [1.54, 1.807) is 0 Å². The molecule has 0 aliphatic carbocycles. The summed E-state index contributed by atoms with van der Waals surface area (Å²) in [6, 6.07) is 7.83. The Morgan fingerprint density at radius 3 is 2.37 bits per heavy atom. The number of aryl methyl sites for hydroxylation is 1. The van der Waals surface area contributed by atoms with E-state index in [-0.39, 0.29) is 5.91 Å². The van der Waals surface area contributed by atoms with Gasteiger partial charge in [0, 0.05) is 18.8 Å². The number of hydrogen-bond donors (Lipinski definition) is 1. The van der Waals surface area contributed by atoms with E-state index in [0.29, 0.717) is 6.54 Å². The quantitative estimate of drug-likeness (QED) is 0.910. The largest absolute Gasteiger partial charge is 0.379 e. The minimum atomic E-state index is 0.0377. The predicted octanol–water partition coefficient (Wildman–Crippen LogP) is 2.29. The summed E-state index contributed by atoms with van der Waals surface area (Å²) < 4.78 is 5.24. The molecule has 106 valence electrons. The van der Waals surface area contributed by atoms with Crippen molar-refractivity contribution in [1.29, 1.82) is 0 Å². The normalized spacial score (nSPS) is 15.3. The molecule has 0 radical (unpaired) electrons. The Kier molecular flexibility index (Phi) is 7.15. The number of nitrogens with zero attached hydrogens (tertiary/aromatic N) is 1. The summed E-state index contributed by atoms with van der Waals surface area (Å²) in [5.41, 5.74) is 2.05. The van der Waals surface area contributed by atoms with Crippen LogP contribution >= 0.6 is 0 Å².